The molecule has 0 atom stereocenters. The smallest absolute Gasteiger partial charge is 0.0934 e. The predicted molar refractivity (Wildman–Crippen MR) is 124 cm³/mol. The van der Waals surface area contributed by atoms with Crippen LogP contribution in [-0.4, -0.2) is 30.4 Å². The second-order valence-electron chi connectivity index (χ2n) is 8.14. The maximum absolute atomic E-state index is 5.15. The molecule has 0 aliphatic heterocycles. The Hall–Kier alpha value is -3.80. The lowest BCUT2D eigenvalue weighted by Gasteiger charge is -2.21. The van der Waals surface area contributed by atoms with E-state index in [0.717, 1.165) is 57.5 Å². The van der Waals surface area contributed by atoms with Gasteiger partial charge in [0.1, 0.15) is 0 Å². The lowest BCUT2D eigenvalue weighted by Crippen LogP contribution is -2.08. The molecule has 0 spiro atoms. The number of aromatic nitrogens is 6. The molecule has 0 fully saturated rings. The molecule has 0 bridgehead atoms. The Bertz CT molecular complexity index is 1440. The Kier molecular flexibility index (Phi) is 4.16. The summed E-state index contributed by atoms with van der Waals surface area (Å²) in [7, 11) is 0. The van der Waals surface area contributed by atoms with Gasteiger partial charge in [-0.2, -0.15) is 10.2 Å². The van der Waals surface area contributed by atoms with Crippen molar-refractivity contribution >= 4 is 34.0 Å². The van der Waals surface area contributed by atoms with Crippen LogP contribution in [0.1, 0.15) is 40.9 Å². The Morgan fingerprint density at radius 3 is 2.55 bits per heavy atom. The average molecular weight is 406 g/mol. The SMILES string of the molecule is Cc1[nH]ncc1-c1nc2ccc3[nH]nc(/C=C/c4ccncc4)c3c2c2c1CCCC2. The van der Waals surface area contributed by atoms with Gasteiger partial charge in [-0.3, -0.25) is 15.2 Å². The number of H-pyrrole nitrogens is 2. The van der Waals surface area contributed by atoms with Gasteiger partial charge in [0.2, 0.25) is 0 Å². The Morgan fingerprint density at radius 1 is 0.903 bits per heavy atom. The van der Waals surface area contributed by atoms with Crippen molar-refractivity contribution in [3.05, 3.63) is 70.9 Å². The first-order chi connectivity index (χ1) is 15.3. The summed E-state index contributed by atoms with van der Waals surface area (Å²) in [6.07, 6.45) is 14.2. The minimum Gasteiger partial charge on any atom is -0.282 e. The number of pyridine rings is 2. The fourth-order valence-electron chi connectivity index (χ4n) is 4.74. The van der Waals surface area contributed by atoms with Crippen LogP contribution in [-0.2, 0) is 12.8 Å². The van der Waals surface area contributed by atoms with Gasteiger partial charge in [0.05, 0.1) is 28.6 Å². The molecule has 1 aliphatic rings. The minimum atomic E-state index is 0.944. The van der Waals surface area contributed by atoms with Crippen LogP contribution < -0.4 is 0 Å². The zero-order valence-corrected chi connectivity index (χ0v) is 17.3. The van der Waals surface area contributed by atoms with Crippen molar-refractivity contribution in [2.45, 2.75) is 32.6 Å². The molecule has 4 aromatic heterocycles. The number of nitrogens with one attached hydrogen (secondary N) is 2. The molecule has 0 saturated carbocycles. The largest absolute Gasteiger partial charge is 0.282 e. The second-order valence-corrected chi connectivity index (χ2v) is 8.14. The van der Waals surface area contributed by atoms with Gasteiger partial charge in [-0.05, 0) is 79.6 Å². The Labute approximate surface area is 179 Å². The van der Waals surface area contributed by atoms with E-state index in [1.165, 1.54) is 29.4 Å². The summed E-state index contributed by atoms with van der Waals surface area (Å²) >= 11 is 0. The van der Waals surface area contributed by atoms with Crippen LogP contribution in [0.3, 0.4) is 0 Å². The van der Waals surface area contributed by atoms with Crippen molar-refractivity contribution in [2.24, 2.45) is 0 Å². The van der Waals surface area contributed by atoms with E-state index < -0.39 is 0 Å². The Morgan fingerprint density at radius 2 is 1.74 bits per heavy atom. The summed E-state index contributed by atoms with van der Waals surface area (Å²) in [6.45, 7) is 2.06. The number of nitrogens with zero attached hydrogens (tertiary/aromatic N) is 4. The highest BCUT2D eigenvalue weighted by Gasteiger charge is 2.23. The van der Waals surface area contributed by atoms with Gasteiger partial charge in [-0.1, -0.05) is 6.08 Å². The molecule has 0 radical (unpaired) electrons. The van der Waals surface area contributed by atoms with Crippen molar-refractivity contribution < 1.29 is 0 Å². The van der Waals surface area contributed by atoms with Crippen LogP contribution in [0.4, 0.5) is 0 Å². The monoisotopic (exact) mass is 406 g/mol. The summed E-state index contributed by atoms with van der Waals surface area (Å²) in [4.78, 5) is 9.24. The van der Waals surface area contributed by atoms with E-state index in [1.807, 2.05) is 18.3 Å². The predicted octanol–water partition coefficient (Wildman–Crippen LogP) is 5.25. The van der Waals surface area contributed by atoms with Gasteiger partial charge in [0.25, 0.3) is 0 Å². The summed E-state index contributed by atoms with van der Waals surface area (Å²) in [6, 6.07) is 8.18. The molecule has 0 saturated heterocycles. The average Bonchev–Trinajstić information content (AvgIpc) is 3.43. The third kappa shape index (κ3) is 2.94. The molecule has 2 N–H and O–H groups in total. The van der Waals surface area contributed by atoms with Gasteiger partial charge in [0.15, 0.2) is 0 Å². The van der Waals surface area contributed by atoms with Crippen molar-refractivity contribution in [3.8, 4) is 11.3 Å². The van der Waals surface area contributed by atoms with E-state index in [4.69, 9.17) is 4.98 Å². The molecule has 0 amide bonds. The highest BCUT2D eigenvalue weighted by molar-refractivity contribution is 6.11. The third-order valence-electron chi connectivity index (χ3n) is 6.25. The quantitative estimate of drug-likeness (QED) is 0.428. The van der Waals surface area contributed by atoms with E-state index in [-0.39, 0.29) is 0 Å². The molecular formula is C25H22N6. The molecule has 1 aromatic carbocycles. The highest BCUT2D eigenvalue weighted by atomic mass is 15.1. The second kappa shape index (κ2) is 7.16. The standard InChI is InChI=1S/C25H22N6/c1-15-19(14-27-29-15)25-18-5-3-2-4-17(18)23-20(28-25)8-9-22-24(23)21(30-31-22)7-6-16-10-12-26-13-11-16/h6-14H,2-5H2,1H3,(H,27,29)(H,30,31)/b7-6+. The molecule has 1 aliphatic carbocycles. The summed E-state index contributed by atoms with van der Waals surface area (Å²) in [5.41, 5.74) is 10.1. The van der Waals surface area contributed by atoms with Crippen LogP contribution in [0.25, 0.3) is 45.2 Å². The molecule has 4 heterocycles. The van der Waals surface area contributed by atoms with E-state index >= 15 is 0 Å². The van der Waals surface area contributed by atoms with Crippen LogP contribution >= 0.6 is 0 Å². The normalized spacial score (nSPS) is 14.0. The van der Waals surface area contributed by atoms with Crippen molar-refractivity contribution in [1.82, 2.24) is 30.4 Å². The fraction of sp³-hybridized carbons (Fsp3) is 0.200. The lowest BCUT2D eigenvalue weighted by molar-refractivity contribution is 0.689. The third-order valence-corrected chi connectivity index (χ3v) is 6.25. The number of rotatable bonds is 3. The molecule has 152 valence electrons. The van der Waals surface area contributed by atoms with Gasteiger partial charge in [0, 0.05) is 34.4 Å². The van der Waals surface area contributed by atoms with Crippen LogP contribution in [0.2, 0.25) is 0 Å². The molecule has 6 rings (SSSR count). The molecule has 5 aromatic rings. The summed E-state index contributed by atoms with van der Waals surface area (Å²) in [5, 5.41) is 17.5. The molecule has 31 heavy (non-hydrogen) atoms. The van der Waals surface area contributed by atoms with Crippen LogP contribution in [0, 0.1) is 6.92 Å². The maximum Gasteiger partial charge on any atom is 0.0934 e. The number of aryl methyl sites for hydroxylation is 2. The zero-order chi connectivity index (χ0) is 20.8. The van der Waals surface area contributed by atoms with E-state index in [1.54, 1.807) is 12.4 Å². The van der Waals surface area contributed by atoms with Crippen LogP contribution in [0.5, 0.6) is 0 Å². The highest BCUT2D eigenvalue weighted by Crippen LogP contribution is 2.39. The maximum atomic E-state index is 5.15. The first-order valence-electron chi connectivity index (χ1n) is 10.7. The number of fused-ring (bicyclic) bond motifs is 5. The summed E-state index contributed by atoms with van der Waals surface area (Å²) in [5.74, 6) is 0. The number of hydrogen-bond acceptors (Lipinski definition) is 4. The Balaban J connectivity index is 1.62. The first kappa shape index (κ1) is 18.0. The topological polar surface area (TPSA) is 83.1 Å². The van der Waals surface area contributed by atoms with E-state index in [2.05, 4.69) is 56.6 Å². The van der Waals surface area contributed by atoms with Gasteiger partial charge < -0.3 is 0 Å². The first-order valence-corrected chi connectivity index (χ1v) is 10.7. The van der Waals surface area contributed by atoms with E-state index in [9.17, 15) is 0 Å². The van der Waals surface area contributed by atoms with Crippen molar-refractivity contribution in [3.63, 3.8) is 0 Å². The molecule has 6 heteroatoms. The van der Waals surface area contributed by atoms with Crippen molar-refractivity contribution in [2.75, 3.05) is 0 Å². The van der Waals surface area contributed by atoms with Gasteiger partial charge in [-0.15, -0.1) is 0 Å². The van der Waals surface area contributed by atoms with Crippen molar-refractivity contribution in [1.29, 1.82) is 0 Å². The van der Waals surface area contributed by atoms with Gasteiger partial charge >= 0.3 is 0 Å². The minimum absolute atomic E-state index is 0.944. The number of hydrogen-bond donors (Lipinski definition) is 2. The number of benzene rings is 1. The molecule has 6 nitrogen and oxygen atoms in total. The summed E-state index contributed by atoms with van der Waals surface area (Å²) < 4.78 is 0. The fourth-order valence-corrected chi connectivity index (χ4v) is 4.74. The number of aromatic amines is 2. The molecule has 0 unspecified atom stereocenters. The van der Waals surface area contributed by atoms with Crippen LogP contribution in [0.15, 0.2) is 42.9 Å². The van der Waals surface area contributed by atoms with Gasteiger partial charge in [-0.25, -0.2) is 4.98 Å². The molecular weight excluding hydrogens is 384 g/mol. The zero-order valence-electron chi connectivity index (χ0n) is 17.3. The van der Waals surface area contributed by atoms with E-state index in [0.29, 0.717) is 0 Å². The lowest BCUT2D eigenvalue weighted by atomic mass is 9.85.